The van der Waals surface area contributed by atoms with Crippen LogP contribution in [0.3, 0.4) is 0 Å². The van der Waals surface area contributed by atoms with Gasteiger partial charge >= 0.3 is 5.97 Å². The van der Waals surface area contributed by atoms with E-state index in [4.69, 9.17) is 22.9 Å². The van der Waals surface area contributed by atoms with E-state index in [0.717, 1.165) is 0 Å². The fourth-order valence-corrected chi connectivity index (χ4v) is 10.2. The third-order valence-corrected chi connectivity index (χ3v) is 15.6. The number of carbonyl (C=O) groups is 11. The van der Waals surface area contributed by atoms with E-state index in [9.17, 15) is 73.2 Å². The van der Waals surface area contributed by atoms with Gasteiger partial charge in [0.15, 0.2) is 5.96 Å². The van der Waals surface area contributed by atoms with Gasteiger partial charge in [0.1, 0.15) is 65.9 Å². The third-order valence-electron chi connectivity index (χ3n) is 15.6. The second-order valence-corrected chi connectivity index (χ2v) is 23.9. The van der Waals surface area contributed by atoms with Gasteiger partial charge in [0.25, 0.3) is 0 Å². The second kappa shape index (κ2) is 40.5. The van der Waals surface area contributed by atoms with Gasteiger partial charge in [0.2, 0.25) is 59.1 Å². The number of phenolic OH excluding ortho intramolecular Hbond substituents is 2. The topological polar surface area (TPSA) is 534 Å². The smallest absolute Gasteiger partial charge is 0.326 e. The molecular weight excluding hydrogens is 1280 g/mol. The highest BCUT2D eigenvalue weighted by Crippen LogP contribution is 2.16. The number of aromatic hydroxyl groups is 2. The Hall–Kier alpha value is -11.0. The summed E-state index contributed by atoms with van der Waals surface area (Å²) in [7, 11) is 0. The van der Waals surface area contributed by atoms with Crippen molar-refractivity contribution in [1.82, 2.24) is 63.1 Å². The molecule has 23 N–H and O–H groups in total. The number of amides is 10. The average molecular weight is 1370 g/mol. The summed E-state index contributed by atoms with van der Waals surface area (Å²) in [5.41, 5.74) is 24.3. The number of aliphatic imine (C=N–C) groups is 1. The first-order valence-electron chi connectivity index (χ1n) is 32.2. The first kappa shape index (κ1) is 78.7. The van der Waals surface area contributed by atoms with E-state index in [1.54, 1.807) is 74.5 Å². The number of aliphatic hydroxyl groups excluding tert-OH is 1. The lowest BCUT2D eigenvalue weighted by atomic mass is 9.99. The minimum atomic E-state index is -1.87. The molecular formula is C67H91N17O15. The van der Waals surface area contributed by atoms with Crippen molar-refractivity contribution >= 4 is 71.0 Å². The van der Waals surface area contributed by atoms with Gasteiger partial charge in [-0.1, -0.05) is 98.8 Å². The number of nitrogens with one attached hydrogen (secondary N) is 11. The van der Waals surface area contributed by atoms with Crippen molar-refractivity contribution in [3.63, 3.8) is 0 Å². The summed E-state index contributed by atoms with van der Waals surface area (Å²) in [6.45, 7) is 3.59. The van der Waals surface area contributed by atoms with Crippen LogP contribution in [0.2, 0.25) is 0 Å². The molecule has 0 bridgehead atoms. The van der Waals surface area contributed by atoms with Crippen LogP contribution < -0.4 is 76.1 Å². The number of aromatic amines is 1. The summed E-state index contributed by atoms with van der Waals surface area (Å²) in [4.78, 5) is 164. The Morgan fingerprint density at radius 2 is 0.889 bits per heavy atom. The molecule has 1 heterocycles. The number of aliphatic carboxylic acids is 1. The van der Waals surface area contributed by atoms with E-state index in [0.29, 0.717) is 47.3 Å². The van der Waals surface area contributed by atoms with Crippen molar-refractivity contribution in [2.75, 3.05) is 26.2 Å². The SMILES string of the molecule is CC(C)[C@H](NC(=O)[C@H](Cc1cnc[nH]1)NC(=O)[C@@H](NC(=O)[C@H](Cc1ccc(O)cc1)NC(=O)[C@H](Cc1ccccc1)NC(=O)CNC(=O)[C@H](Cc1ccc(O)cc1)NC(=O)[C@H](CCCCN)NC(=O)CN)[C@@H](C)O)C(=O)N[C@@H](Cc1ccccc1)C(=O)N[C@@H](CCCN=C(N)N)C(=O)O. The molecule has 0 radical (unpaired) electrons. The largest absolute Gasteiger partial charge is 0.508 e. The van der Waals surface area contributed by atoms with Gasteiger partial charge in [0, 0.05) is 50.5 Å². The van der Waals surface area contributed by atoms with Crippen LogP contribution in [0, 0.1) is 5.92 Å². The third kappa shape index (κ3) is 27.6. The molecule has 0 saturated heterocycles. The minimum absolute atomic E-state index is 0.0692. The number of rotatable bonds is 41. The lowest BCUT2D eigenvalue weighted by Gasteiger charge is -2.29. The van der Waals surface area contributed by atoms with Crippen molar-refractivity contribution in [2.24, 2.45) is 33.8 Å². The Kier molecular flexibility index (Phi) is 32.2. The average Bonchev–Trinajstić information content (AvgIpc) is 0.981. The number of carbonyl (C=O) groups excluding carboxylic acids is 10. The molecule has 10 atom stereocenters. The highest BCUT2D eigenvalue weighted by Gasteiger charge is 2.37. The molecule has 5 rings (SSSR count). The predicted molar refractivity (Wildman–Crippen MR) is 363 cm³/mol. The Labute approximate surface area is 571 Å². The van der Waals surface area contributed by atoms with Crippen molar-refractivity contribution in [3.8, 4) is 11.5 Å². The number of unbranched alkanes of at least 4 members (excludes halogenated alkanes) is 1. The van der Waals surface area contributed by atoms with Crippen LogP contribution in [0.1, 0.15) is 80.8 Å². The molecule has 534 valence electrons. The van der Waals surface area contributed by atoms with Gasteiger partial charge in [-0.25, -0.2) is 9.78 Å². The molecule has 32 heteroatoms. The fraction of sp³-hybridized carbons (Fsp3) is 0.418. The van der Waals surface area contributed by atoms with Crippen LogP contribution in [-0.2, 0) is 84.8 Å². The minimum Gasteiger partial charge on any atom is -0.508 e. The number of hydrogen-bond acceptors (Lipinski definition) is 18. The molecule has 0 aliphatic rings. The molecule has 0 fully saturated rings. The number of hydrogen-bond donors (Lipinski definition) is 19. The maximum atomic E-state index is 14.7. The Morgan fingerprint density at radius 3 is 1.34 bits per heavy atom. The van der Waals surface area contributed by atoms with Crippen molar-refractivity contribution < 1.29 is 73.2 Å². The highest BCUT2D eigenvalue weighted by molar-refractivity contribution is 5.99. The second-order valence-electron chi connectivity index (χ2n) is 23.9. The first-order chi connectivity index (χ1) is 47.2. The fourth-order valence-electron chi connectivity index (χ4n) is 10.2. The first-order valence-corrected chi connectivity index (χ1v) is 32.2. The Bertz CT molecular complexity index is 3490. The number of nitrogens with two attached hydrogens (primary N) is 4. The number of aliphatic hydroxyl groups is 1. The molecule has 0 aliphatic heterocycles. The number of imidazole rings is 1. The molecule has 4 aromatic carbocycles. The van der Waals surface area contributed by atoms with Crippen LogP contribution >= 0.6 is 0 Å². The molecule has 1 aromatic heterocycles. The lowest BCUT2D eigenvalue weighted by molar-refractivity contribution is -0.142. The molecule has 0 saturated carbocycles. The number of carboxylic acid groups (broad SMARTS) is 1. The van der Waals surface area contributed by atoms with Crippen LogP contribution in [-0.4, -0.2) is 188 Å². The van der Waals surface area contributed by atoms with Gasteiger partial charge in [0.05, 0.1) is 25.5 Å². The highest BCUT2D eigenvalue weighted by atomic mass is 16.4. The zero-order valence-corrected chi connectivity index (χ0v) is 55.3. The Balaban J connectivity index is 1.37. The zero-order chi connectivity index (χ0) is 72.6. The number of benzene rings is 4. The zero-order valence-electron chi connectivity index (χ0n) is 55.3. The number of phenols is 2. The van der Waals surface area contributed by atoms with Gasteiger partial charge in [-0.2, -0.15) is 0 Å². The van der Waals surface area contributed by atoms with Gasteiger partial charge in [-0.15, -0.1) is 0 Å². The molecule has 99 heavy (non-hydrogen) atoms. The summed E-state index contributed by atoms with van der Waals surface area (Å²) in [6, 6.07) is 15.1. The summed E-state index contributed by atoms with van der Waals surface area (Å²) < 4.78 is 0. The number of carboxylic acids is 1. The standard InChI is InChI=1S/C67H91N17O15/c1-38(2)56(64(96)81-51(30-41-15-8-5-9-16-41)61(93)78-48(66(98)99)18-12-28-73-67(70)71)83-63(95)53(33-44-35-72-37-75-44)82-65(97)57(39(3)85)84-62(94)52(32-43-21-25-46(87)26-22-43)80-60(92)50(29-40-13-6-4-7-14-40)77-55(89)36-74-58(90)49(31-42-19-23-45(86)24-20-42)79-59(91)47(17-10-11-27-68)76-54(88)34-69/h4-9,13-16,19-26,35,37-39,47-53,56-57,85-87H,10-12,17-18,27-34,36,68-69H2,1-3H3,(H,72,75)(H,74,90)(H,76,88)(H,77,89)(H,78,93)(H,79,91)(H,80,92)(H,81,96)(H,82,97)(H,83,95)(H,84,94)(H,98,99)(H4,70,71,73)/t39-,47+,48+,49+,50+,51+,52+,53+,56+,57+/m1/s1. The molecule has 0 aliphatic carbocycles. The van der Waals surface area contributed by atoms with Crippen molar-refractivity contribution in [3.05, 3.63) is 150 Å². The summed E-state index contributed by atoms with van der Waals surface area (Å²) >= 11 is 0. The number of nitrogens with zero attached hydrogens (tertiary/aromatic N) is 2. The van der Waals surface area contributed by atoms with E-state index in [2.05, 4.69) is 68.1 Å². The van der Waals surface area contributed by atoms with Crippen LogP contribution in [0.5, 0.6) is 11.5 Å². The van der Waals surface area contributed by atoms with Gasteiger partial charge in [-0.05, 0) is 98.0 Å². The predicted octanol–water partition coefficient (Wildman–Crippen LogP) is -2.92. The summed E-state index contributed by atoms with van der Waals surface area (Å²) in [6.07, 6.45) is 1.14. The number of H-pyrrole nitrogens is 1. The summed E-state index contributed by atoms with van der Waals surface area (Å²) in [5.74, 6) is -11.4. The maximum absolute atomic E-state index is 14.7. The van der Waals surface area contributed by atoms with Crippen molar-refractivity contribution in [2.45, 2.75) is 145 Å². The molecule has 32 nitrogen and oxygen atoms in total. The van der Waals surface area contributed by atoms with E-state index in [1.807, 2.05) is 0 Å². The molecule has 0 unspecified atom stereocenters. The quantitative estimate of drug-likeness (QED) is 0.0106. The van der Waals surface area contributed by atoms with Crippen LogP contribution in [0.15, 0.2) is 127 Å². The van der Waals surface area contributed by atoms with Gasteiger partial charge in [-0.3, -0.25) is 52.9 Å². The van der Waals surface area contributed by atoms with E-state index in [-0.39, 0.29) is 75.4 Å². The van der Waals surface area contributed by atoms with Crippen molar-refractivity contribution in [1.29, 1.82) is 0 Å². The molecule has 0 spiro atoms. The maximum Gasteiger partial charge on any atom is 0.326 e. The molecule has 10 amide bonds. The van der Waals surface area contributed by atoms with E-state index < -0.39 is 145 Å². The molecule has 5 aromatic rings. The Morgan fingerprint density at radius 1 is 0.475 bits per heavy atom. The monoisotopic (exact) mass is 1370 g/mol. The van der Waals surface area contributed by atoms with Crippen LogP contribution in [0.4, 0.5) is 0 Å². The lowest BCUT2D eigenvalue weighted by Crippen LogP contribution is -2.62. The van der Waals surface area contributed by atoms with Crippen LogP contribution in [0.25, 0.3) is 0 Å². The van der Waals surface area contributed by atoms with E-state index >= 15 is 0 Å². The normalized spacial score (nSPS) is 14.1. The number of guanidine groups is 1. The summed E-state index contributed by atoms with van der Waals surface area (Å²) in [5, 5.41) is 67.1. The number of aromatic nitrogens is 2. The van der Waals surface area contributed by atoms with Gasteiger partial charge < -0.3 is 102 Å². The van der Waals surface area contributed by atoms with E-state index in [1.165, 1.54) is 68.0 Å².